The molecule has 0 radical (unpaired) electrons. The van der Waals surface area contributed by atoms with Crippen molar-refractivity contribution >= 4 is 46.3 Å². The van der Waals surface area contributed by atoms with Crippen LogP contribution in [-0.4, -0.2) is 39.7 Å². The molecule has 132 valence electrons. The van der Waals surface area contributed by atoms with E-state index in [1.54, 1.807) is 12.1 Å². The molecule has 25 heavy (non-hydrogen) atoms. The van der Waals surface area contributed by atoms with Crippen LogP contribution in [0.4, 0.5) is 5.69 Å². The third kappa shape index (κ3) is 3.57. The van der Waals surface area contributed by atoms with Crippen molar-refractivity contribution in [3.05, 3.63) is 33.5 Å². The Balaban J connectivity index is 1.96. The van der Waals surface area contributed by atoms with E-state index in [9.17, 15) is 10.1 Å². The number of fused-ring (bicyclic) bond motifs is 1. The van der Waals surface area contributed by atoms with Gasteiger partial charge < -0.3 is 19.7 Å². The number of rotatable bonds is 5. The number of nitrogens with one attached hydrogen (secondary N) is 1. The lowest BCUT2D eigenvalue weighted by molar-refractivity contribution is -0.385. The summed E-state index contributed by atoms with van der Waals surface area (Å²) >= 11 is 10.8. The summed E-state index contributed by atoms with van der Waals surface area (Å²) in [6.07, 6.45) is 3.62. The number of thiocarbonyl (C=S) groups is 2. The quantitative estimate of drug-likeness (QED) is 0.362. The fourth-order valence-corrected chi connectivity index (χ4v) is 3.26. The lowest BCUT2D eigenvalue weighted by Gasteiger charge is -2.18. The fraction of sp³-hybridized carbons (Fsp3) is 0.375. The number of hydrogen-bond acceptors (Lipinski definition) is 6. The van der Waals surface area contributed by atoms with Gasteiger partial charge in [0, 0.05) is 6.54 Å². The lowest BCUT2D eigenvalue weighted by Crippen LogP contribution is -2.30. The molecule has 3 rings (SSSR count). The predicted octanol–water partition coefficient (Wildman–Crippen LogP) is 3.02. The lowest BCUT2D eigenvalue weighted by atomic mass is 10.1. The van der Waals surface area contributed by atoms with E-state index in [1.165, 1.54) is 6.07 Å². The normalized spacial score (nSPS) is 17.8. The van der Waals surface area contributed by atoms with Crippen LogP contribution in [0.1, 0.15) is 25.3 Å². The van der Waals surface area contributed by atoms with Crippen LogP contribution >= 0.6 is 24.4 Å². The summed E-state index contributed by atoms with van der Waals surface area (Å²) in [5.41, 5.74) is 0.898. The van der Waals surface area contributed by atoms with Crippen molar-refractivity contribution in [1.29, 1.82) is 0 Å². The van der Waals surface area contributed by atoms with E-state index in [1.807, 2.05) is 4.90 Å². The predicted molar refractivity (Wildman–Crippen MR) is 102 cm³/mol. The molecular formula is C16H17N3O4S2. The third-order valence-electron chi connectivity index (χ3n) is 3.89. The van der Waals surface area contributed by atoms with Crippen molar-refractivity contribution in [3.8, 4) is 11.5 Å². The van der Waals surface area contributed by atoms with Crippen LogP contribution in [-0.2, 0) is 0 Å². The molecule has 2 heterocycles. The Labute approximate surface area is 155 Å². The summed E-state index contributed by atoms with van der Waals surface area (Å²) in [5.74, 6) is 0.861. The zero-order valence-corrected chi connectivity index (χ0v) is 15.2. The zero-order chi connectivity index (χ0) is 18.0. The molecule has 1 N–H and O–H groups in total. The van der Waals surface area contributed by atoms with Crippen molar-refractivity contribution in [2.75, 3.05) is 19.8 Å². The molecule has 1 aromatic carbocycles. The molecule has 0 saturated carbocycles. The summed E-state index contributed by atoms with van der Waals surface area (Å²) in [5, 5.41) is 15.0. The molecule has 1 saturated heterocycles. The first-order valence-corrected chi connectivity index (χ1v) is 8.75. The second-order valence-electron chi connectivity index (χ2n) is 5.61. The molecule has 2 aliphatic heterocycles. The van der Waals surface area contributed by atoms with Crippen molar-refractivity contribution in [3.63, 3.8) is 0 Å². The Morgan fingerprint density at radius 2 is 2.00 bits per heavy atom. The smallest absolute Gasteiger partial charge is 0.280 e. The van der Waals surface area contributed by atoms with Gasteiger partial charge in [-0.15, -0.1) is 0 Å². The number of ether oxygens (including phenoxy) is 2. The summed E-state index contributed by atoms with van der Waals surface area (Å²) < 4.78 is 10.9. The molecule has 0 aliphatic carbocycles. The Bertz CT molecular complexity index is 779. The van der Waals surface area contributed by atoms with Crippen molar-refractivity contribution in [2.24, 2.45) is 0 Å². The third-order valence-corrected chi connectivity index (χ3v) is 4.65. The van der Waals surface area contributed by atoms with Crippen LogP contribution in [0, 0.1) is 10.1 Å². The van der Waals surface area contributed by atoms with E-state index in [0.717, 1.165) is 19.4 Å². The zero-order valence-electron chi connectivity index (χ0n) is 13.6. The maximum atomic E-state index is 11.4. The number of nitro groups is 1. The number of nitro benzene ring substituents is 1. The monoisotopic (exact) mass is 379 g/mol. The van der Waals surface area contributed by atoms with Crippen LogP contribution in [0.5, 0.6) is 11.5 Å². The van der Waals surface area contributed by atoms with E-state index < -0.39 is 4.92 Å². The second kappa shape index (κ2) is 7.32. The van der Waals surface area contributed by atoms with E-state index in [2.05, 4.69) is 12.2 Å². The molecule has 0 bridgehead atoms. The van der Waals surface area contributed by atoms with E-state index in [-0.39, 0.29) is 5.69 Å². The summed E-state index contributed by atoms with van der Waals surface area (Å²) in [7, 11) is 0. The van der Waals surface area contributed by atoms with Crippen LogP contribution in [0.2, 0.25) is 0 Å². The first-order valence-electron chi connectivity index (χ1n) is 7.94. The van der Waals surface area contributed by atoms with Gasteiger partial charge in [0.05, 0.1) is 22.3 Å². The number of nitrogens with zero attached hydrogens (tertiary/aromatic N) is 2. The van der Waals surface area contributed by atoms with Gasteiger partial charge in [0.15, 0.2) is 16.6 Å². The van der Waals surface area contributed by atoms with Gasteiger partial charge in [-0.3, -0.25) is 10.1 Å². The summed E-state index contributed by atoms with van der Waals surface area (Å²) in [6.45, 7) is 3.59. The number of hydrogen-bond donors (Lipinski definition) is 1. The Morgan fingerprint density at radius 1 is 1.32 bits per heavy atom. The average Bonchev–Trinajstić information content (AvgIpc) is 2.85. The van der Waals surface area contributed by atoms with E-state index in [4.69, 9.17) is 33.9 Å². The topological polar surface area (TPSA) is 76.9 Å². The highest BCUT2D eigenvalue weighted by Crippen LogP contribution is 2.37. The molecule has 9 heteroatoms. The van der Waals surface area contributed by atoms with Gasteiger partial charge in [-0.1, -0.05) is 25.6 Å². The number of benzene rings is 1. The van der Waals surface area contributed by atoms with Gasteiger partial charge in [-0.2, -0.15) is 0 Å². The highest BCUT2D eigenvalue weighted by atomic mass is 32.1. The molecule has 0 atom stereocenters. The standard InChI is InChI=1S/C16H17N3O4S2/c1-2-3-4-18-15(24)11(17-16(18)25)7-10-8-13-14(23-6-5-22-13)9-12(10)19(20)21/h7-9H,2-6H2,1H3,(H,17,25). The Kier molecular flexibility index (Phi) is 5.14. The first-order chi connectivity index (χ1) is 12.0. The van der Waals surface area contributed by atoms with Gasteiger partial charge in [0.2, 0.25) is 0 Å². The second-order valence-corrected chi connectivity index (χ2v) is 6.38. The maximum Gasteiger partial charge on any atom is 0.280 e. The molecule has 1 fully saturated rings. The first kappa shape index (κ1) is 17.6. The van der Waals surface area contributed by atoms with Crippen molar-refractivity contribution in [2.45, 2.75) is 19.8 Å². The number of unbranched alkanes of at least 4 members (excludes halogenated alkanes) is 1. The largest absolute Gasteiger partial charge is 0.486 e. The van der Waals surface area contributed by atoms with Gasteiger partial charge in [-0.25, -0.2) is 0 Å². The minimum atomic E-state index is -0.449. The highest BCUT2D eigenvalue weighted by Gasteiger charge is 2.28. The molecular weight excluding hydrogens is 362 g/mol. The van der Waals surface area contributed by atoms with E-state index in [0.29, 0.717) is 46.1 Å². The van der Waals surface area contributed by atoms with Crippen molar-refractivity contribution < 1.29 is 14.4 Å². The van der Waals surface area contributed by atoms with Gasteiger partial charge in [-0.05, 0) is 30.8 Å². The molecule has 0 spiro atoms. The van der Waals surface area contributed by atoms with Gasteiger partial charge in [0.1, 0.15) is 18.2 Å². The molecule has 2 aliphatic rings. The highest BCUT2D eigenvalue weighted by molar-refractivity contribution is 7.82. The minimum Gasteiger partial charge on any atom is -0.486 e. The van der Waals surface area contributed by atoms with Crippen LogP contribution < -0.4 is 14.8 Å². The SMILES string of the molecule is CCCCN1C(=S)NC(=Cc2cc3c(cc2[N+](=O)[O-])OCCO3)C1=S. The maximum absolute atomic E-state index is 11.4. The Morgan fingerprint density at radius 3 is 2.64 bits per heavy atom. The van der Waals surface area contributed by atoms with Crippen LogP contribution in [0.25, 0.3) is 6.08 Å². The van der Waals surface area contributed by atoms with Gasteiger partial charge >= 0.3 is 0 Å². The molecule has 1 aromatic rings. The van der Waals surface area contributed by atoms with Gasteiger partial charge in [0.25, 0.3) is 5.69 Å². The van der Waals surface area contributed by atoms with E-state index >= 15 is 0 Å². The van der Waals surface area contributed by atoms with Crippen LogP contribution in [0.3, 0.4) is 0 Å². The Hall–Kier alpha value is -2.26. The summed E-state index contributed by atoms with van der Waals surface area (Å²) in [6, 6.07) is 2.98. The summed E-state index contributed by atoms with van der Waals surface area (Å²) in [4.78, 5) is 13.4. The molecule has 0 unspecified atom stereocenters. The van der Waals surface area contributed by atoms with Crippen molar-refractivity contribution in [1.82, 2.24) is 10.2 Å². The minimum absolute atomic E-state index is 0.0701. The average molecular weight is 379 g/mol. The molecule has 0 aromatic heterocycles. The molecule has 0 amide bonds. The fourth-order valence-electron chi connectivity index (χ4n) is 2.61. The molecule has 7 nitrogen and oxygen atoms in total. The van der Waals surface area contributed by atoms with Crippen LogP contribution in [0.15, 0.2) is 17.8 Å².